The number of nitro groups is 1. The molecule has 1 heterocycles. The smallest absolute Gasteiger partial charge is 0.270 e. The number of carbonyl (C=O) groups excluding carboxylic acids is 1. The van der Waals surface area contributed by atoms with Crippen molar-refractivity contribution in [2.45, 2.75) is 6.92 Å². The van der Waals surface area contributed by atoms with E-state index in [4.69, 9.17) is 4.74 Å². The van der Waals surface area contributed by atoms with E-state index >= 15 is 0 Å². The summed E-state index contributed by atoms with van der Waals surface area (Å²) in [6.07, 6.45) is 0. The van der Waals surface area contributed by atoms with Gasteiger partial charge in [0.25, 0.3) is 11.6 Å². The van der Waals surface area contributed by atoms with E-state index in [1.54, 1.807) is 6.07 Å². The fraction of sp³-hybridized carbons (Fsp3) is 0.350. The van der Waals surface area contributed by atoms with Crippen molar-refractivity contribution in [3.05, 3.63) is 58.1 Å². The summed E-state index contributed by atoms with van der Waals surface area (Å²) in [5.41, 5.74) is 1.99. The number of carbonyl (C=O) groups is 1. The quantitative estimate of drug-likeness (QED) is 0.609. The lowest BCUT2D eigenvalue weighted by atomic mass is 10.1. The van der Waals surface area contributed by atoms with Gasteiger partial charge in [0.05, 0.1) is 28.5 Å². The van der Waals surface area contributed by atoms with E-state index in [2.05, 4.69) is 15.1 Å². The van der Waals surface area contributed by atoms with Crippen LogP contribution in [-0.2, 0) is 0 Å². The van der Waals surface area contributed by atoms with Crippen molar-refractivity contribution < 1.29 is 14.5 Å². The second-order valence-corrected chi connectivity index (χ2v) is 6.41. The standard InChI is InChI=1S/C20H24N4O4/c1-3-28-19-7-5-4-6-18(19)23-12-10-22(11-13-23)17-9-8-15(24(26)27)14-16(17)20(25)21-2/h4-9,14H,3,10-13H2,1-2H3,(H,21,25). The predicted molar refractivity (Wildman–Crippen MR) is 109 cm³/mol. The van der Waals surface area contributed by atoms with Crippen LogP contribution in [0.25, 0.3) is 0 Å². The number of non-ortho nitro benzene ring substituents is 1. The fourth-order valence-corrected chi connectivity index (χ4v) is 3.41. The lowest BCUT2D eigenvalue weighted by Gasteiger charge is -2.38. The molecule has 0 bridgehead atoms. The normalized spacial score (nSPS) is 13.9. The van der Waals surface area contributed by atoms with Crippen LogP contribution in [0.4, 0.5) is 17.1 Å². The second-order valence-electron chi connectivity index (χ2n) is 6.41. The molecule has 0 aromatic heterocycles. The van der Waals surface area contributed by atoms with Crippen LogP contribution < -0.4 is 19.9 Å². The molecular weight excluding hydrogens is 360 g/mol. The molecule has 28 heavy (non-hydrogen) atoms. The molecule has 1 N–H and O–H groups in total. The first-order chi connectivity index (χ1) is 13.5. The molecule has 8 heteroatoms. The number of nitrogens with one attached hydrogen (secondary N) is 1. The summed E-state index contributed by atoms with van der Waals surface area (Å²) in [5, 5.41) is 13.6. The minimum absolute atomic E-state index is 0.0911. The minimum Gasteiger partial charge on any atom is -0.492 e. The zero-order chi connectivity index (χ0) is 20.1. The van der Waals surface area contributed by atoms with Gasteiger partial charge >= 0.3 is 0 Å². The monoisotopic (exact) mass is 384 g/mol. The molecule has 1 fully saturated rings. The van der Waals surface area contributed by atoms with Crippen LogP contribution in [0, 0.1) is 10.1 Å². The van der Waals surface area contributed by atoms with Gasteiger partial charge in [-0.25, -0.2) is 0 Å². The van der Waals surface area contributed by atoms with Gasteiger partial charge in [-0.2, -0.15) is 0 Å². The number of nitro benzene ring substituents is 1. The Morgan fingerprint density at radius 2 is 1.75 bits per heavy atom. The zero-order valence-corrected chi connectivity index (χ0v) is 16.1. The summed E-state index contributed by atoms with van der Waals surface area (Å²) in [6.45, 7) is 5.48. The van der Waals surface area contributed by atoms with Crippen LogP contribution >= 0.6 is 0 Å². The largest absolute Gasteiger partial charge is 0.492 e. The molecule has 1 amide bonds. The number of hydrogen-bond donors (Lipinski definition) is 1. The van der Waals surface area contributed by atoms with Crippen molar-refractivity contribution in [3.8, 4) is 5.75 Å². The molecule has 2 aromatic rings. The van der Waals surface area contributed by atoms with Crippen LogP contribution in [0.5, 0.6) is 5.75 Å². The Labute approximate surface area is 163 Å². The highest BCUT2D eigenvalue weighted by molar-refractivity contribution is 6.00. The van der Waals surface area contributed by atoms with Gasteiger partial charge in [0, 0.05) is 45.4 Å². The van der Waals surface area contributed by atoms with E-state index < -0.39 is 4.92 Å². The maximum absolute atomic E-state index is 12.3. The molecule has 1 saturated heterocycles. The Hall–Kier alpha value is -3.29. The highest BCUT2D eigenvalue weighted by atomic mass is 16.6. The number of hydrogen-bond acceptors (Lipinski definition) is 6. The van der Waals surface area contributed by atoms with E-state index in [9.17, 15) is 14.9 Å². The van der Waals surface area contributed by atoms with Crippen LogP contribution in [0.3, 0.4) is 0 Å². The van der Waals surface area contributed by atoms with Crippen molar-refractivity contribution in [3.63, 3.8) is 0 Å². The summed E-state index contributed by atoms with van der Waals surface area (Å²) in [5.74, 6) is 0.530. The van der Waals surface area contributed by atoms with E-state index in [0.717, 1.165) is 24.5 Å². The van der Waals surface area contributed by atoms with Gasteiger partial charge in [-0.1, -0.05) is 12.1 Å². The Balaban J connectivity index is 1.80. The van der Waals surface area contributed by atoms with Gasteiger partial charge in [-0.05, 0) is 25.1 Å². The number of ether oxygens (including phenoxy) is 1. The Kier molecular flexibility index (Phi) is 5.98. The van der Waals surface area contributed by atoms with Crippen molar-refractivity contribution >= 4 is 23.0 Å². The van der Waals surface area contributed by atoms with E-state index in [0.29, 0.717) is 30.9 Å². The van der Waals surface area contributed by atoms with Crippen LogP contribution in [0.2, 0.25) is 0 Å². The second kappa shape index (κ2) is 8.60. The molecule has 0 saturated carbocycles. The maximum Gasteiger partial charge on any atom is 0.270 e. The minimum atomic E-state index is -0.487. The van der Waals surface area contributed by atoms with Gasteiger partial charge < -0.3 is 19.9 Å². The third-order valence-electron chi connectivity index (χ3n) is 4.79. The molecule has 1 aliphatic heterocycles. The lowest BCUT2D eigenvalue weighted by Crippen LogP contribution is -2.47. The summed E-state index contributed by atoms with van der Waals surface area (Å²) < 4.78 is 5.73. The number of benzene rings is 2. The van der Waals surface area contributed by atoms with Crippen LogP contribution in [0.1, 0.15) is 17.3 Å². The van der Waals surface area contributed by atoms with Gasteiger partial charge in [0.1, 0.15) is 5.75 Å². The van der Waals surface area contributed by atoms with Gasteiger partial charge in [-0.3, -0.25) is 14.9 Å². The molecule has 2 aromatic carbocycles. The molecule has 1 aliphatic rings. The third-order valence-corrected chi connectivity index (χ3v) is 4.79. The van der Waals surface area contributed by atoms with E-state index in [-0.39, 0.29) is 11.6 Å². The number of piperazine rings is 1. The number of amides is 1. The Morgan fingerprint density at radius 1 is 1.11 bits per heavy atom. The molecule has 0 atom stereocenters. The molecule has 8 nitrogen and oxygen atoms in total. The Morgan fingerprint density at radius 3 is 2.36 bits per heavy atom. The third kappa shape index (κ3) is 4.00. The topological polar surface area (TPSA) is 87.9 Å². The highest BCUT2D eigenvalue weighted by Gasteiger charge is 2.24. The van der Waals surface area contributed by atoms with Gasteiger partial charge in [0.2, 0.25) is 0 Å². The molecular formula is C20H24N4O4. The first-order valence-corrected chi connectivity index (χ1v) is 9.27. The van der Waals surface area contributed by atoms with E-state index in [1.807, 2.05) is 31.2 Å². The molecule has 0 aliphatic carbocycles. The number of anilines is 2. The summed E-state index contributed by atoms with van der Waals surface area (Å²) in [6, 6.07) is 12.4. The maximum atomic E-state index is 12.3. The molecule has 3 rings (SSSR count). The van der Waals surface area contributed by atoms with Crippen molar-refractivity contribution in [2.24, 2.45) is 0 Å². The molecule has 148 valence electrons. The summed E-state index contributed by atoms with van der Waals surface area (Å²) in [7, 11) is 1.52. The summed E-state index contributed by atoms with van der Waals surface area (Å²) >= 11 is 0. The van der Waals surface area contributed by atoms with Crippen molar-refractivity contribution in [1.82, 2.24) is 5.32 Å². The number of para-hydroxylation sites is 2. The van der Waals surface area contributed by atoms with Gasteiger partial charge in [-0.15, -0.1) is 0 Å². The first-order valence-electron chi connectivity index (χ1n) is 9.27. The fourth-order valence-electron chi connectivity index (χ4n) is 3.41. The molecule has 0 radical (unpaired) electrons. The zero-order valence-electron chi connectivity index (χ0n) is 16.1. The SMILES string of the molecule is CCOc1ccccc1N1CCN(c2ccc([N+](=O)[O-])cc2C(=O)NC)CC1. The number of nitrogens with zero attached hydrogens (tertiary/aromatic N) is 3. The lowest BCUT2D eigenvalue weighted by molar-refractivity contribution is -0.384. The average molecular weight is 384 g/mol. The van der Waals surface area contributed by atoms with E-state index in [1.165, 1.54) is 19.2 Å². The highest BCUT2D eigenvalue weighted by Crippen LogP contribution is 2.31. The Bertz CT molecular complexity index is 863. The molecule has 0 unspecified atom stereocenters. The number of rotatable bonds is 6. The van der Waals surface area contributed by atoms with Crippen molar-refractivity contribution in [1.29, 1.82) is 0 Å². The van der Waals surface area contributed by atoms with Crippen LogP contribution in [-0.4, -0.2) is 50.7 Å². The van der Waals surface area contributed by atoms with Gasteiger partial charge in [0.15, 0.2) is 0 Å². The molecule has 0 spiro atoms. The van der Waals surface area contributed by atoms with Crippen molar-refractivity contribution in [2.75, 3.05) is 49.6 Å². The predicted octanol–water partition coefficient (Wildman–Crippen LogP) is 2.68. The first kappa shape index (κ1) is 19.5. The average Bonchev–Trinajstić information content (AvgIpc) is 2.73. The van der Waals surface area contributed by atoms with Crippen LogP contribution in [0.15, 0.2) is 42.5 Å². The summed E-state index contributed by atoms with van der Waals surface area (Å²) in [4.78, 5) is 27.2.